The molecule has 1 aromatic carbocycles. The van der Waals surface area contributed by atoms with Gasteiger partial charge in [0.15, 0.2) is 0 Å². The maximum atomic E-state index is 11.2. The van der Waals surface area contributed by atoms with E-state index < -0.39 is 0 Å². The predicted molar refractivity (Wildman–Crippen MR) is 79.6 cm³/mol. The van der Waals surface area contributed by atoms with Crippen LogP contribution in [0.4, 0.5) is 0 Å². The molecule has 21 heavy (non-hydrogen) atoms. The summed E-state index contributed by atoms with van der Waals surface area (Å²) in [5.41, 5.74) is 2.97. The van der Waals surface area contributed by atoms with Crippen LogP contribution in [0.1, 0.15) is 24.6 Å². The van der Waals surface area contributed by atoms with Gasteiger partial charge in [0.05, 0.1) is 18.7 Å². The maximum Gasteiger partial charge on any atom is 0.307 e. The molecule has 2 rings (SSSR count). The van der Waals surface area contributed by atoms with Crippen LogP contribution in [0.25, 0.3) is 11.5 Å². The fourth-order valence-corrected chi connectivity index (χ4v) is 1.86. The van der Waals surface area contributed by atoms with E-state index in [1.54, 1.807) is 13.2 Å². The van der Waals surface area contributed by atoms with E-state index in [0.29, 0.717) is 32.0 Å². The first kappa shape index (κ1) is 15.3. The van der Waals surface area contributed by atoms with Crippen molar-refractivity contribution in [2.45, 2.75) is 26.8 Å². The number of aryl methyl sites for hydroxylation is 1. The smallest absolute Gasteiger partial charge is 0.307 e. The van der Waals surface area contributed by atoms with Crippen LogP contribution in [-0.2, 0) is 16.1 Å². The SMILES string of the molecule is CCOC(=O)CCNCc1coc(-c2ccc(C)cc2)n1. The van der Waals surface area contributed by atoms with E-state index in [1.807, 2.05) is 31.2 Å². The number of nitrogens with one attached hydrogen (secondary N) is 1. The molecule has 1 aromatic heterocycles. The van der Waals surface area contributed by atoms with Crippen molar-refractivity contribution in [1.29, 1.82) is 0 Å². The van der Waals surface area contributed by atoms with Gasteiger partial charge in [-0.05, 0) is 26.0 Å². The zero-order valence-corrected chi connectivity index (χ0v) is 12.4. The van der Waals surface area contributed by atoms with E-state index in [9.17, 15) is 4.79 Å². The van der Waals surface area contributed by atoms with Crippen LogP contribution >= 0.6 is 0 Å². The van der Waals surface area contributed by atoms with Crippen molar-refractivity contribution < 1.29 is 13.9 Å². The summed E-state index contributed by atoms with van der Waals surface area (Å²) in [5.74, 6) is 0.419. The van der Waals surface area contributed by atoms with Gasteiger partial charge in [0.25, 0.3) is 0 Å². The minimum absolute atomic E-state index is 0.189. The Balaban J connectivity index is 1.81. The number of aromatic nitrogens is 1. The lowest BCUT2D eigenvalue weighted by molar-refractivity contribution is -0.142. The molecule has 0 unspecified atom stereocenters. The second-order valence-corrected chi connectivity index (χ2v) is 4.74. The van der Waals surface area contributed by atoms with E-state index in [2.05, 4.69) is 10.3 Å². The monoisotopic (exact) mass is 288 g/mol. The number of carbonyl (C=O) groups excluding carboxylic acids is 1. The summed E-state index contributed by atoms with van der Waals surface area (Å²) in [6.45, 7) is 5.38. The van der Waals surface area contributed by atoms with Crippen molar-refractivity contribution in [3.63, 3.8) is 0 Å². The normalized spacial score (nSPS) is 10.6. The van der Waals surface area contributed by atoms with Crippen LogP contribution in [0.3, 0.4) is 0 Å². The first-order chi connectivity index (χ1) is 10.2. The first-order valence-corrected chi connectivity index (χ1v) is 7.07. The average molecular weight is 288 g/mol. The van der Waals surface area contributed by atoms with Gasteiger partial charge >= 0.3 is 5.97 Å². The molecular weight excluding hydrogens is 268 g/mol. The van der Waals surface area contributed by atoms with Crippen LogP contribution < -0.4 is 5.32 Å². The summed E-state index contributed by atoms with van der Waals surface area (Å²) in [5, 5.41) is 3.14. The van der Waals surface area contributed by atoms with Crippen LogP contribution in [0.2, 0.25) is 0 Å². The summed E-state index contributed by atoms with van der Waals surface area (Å²) in [7, 11) is 0. The molecule has 2 aromatic rings. The van der Waals surface area contributed by atoms with Crippen LogP contribution in [-0.4, -0.2) is 24.1 Å². The standard InChI is InChI=1S/C16H20N2O3/c1-3-20-15(19)8-9-17-10-14-11-21-16(18-14)13-6-4-12(2)5-7-13/h4-7,11,17H,3,8-10H2,1-2H3. The molecule has 5 nitrogen and oxygen atoms in total. The van der Waals surface area contributed by atoms with Crippen LogP contribution in [0.15, 0.2) is 34.9 Å². The summed E-state index contributed by atoms with van der Waals surface area (Å²) in [4.78, 5) is 15.6. The molecule has 1 N–H and O–H groups in total. The molecule has 5 heteroatoms. The lowest BCUT2D eigenvalue weighted by Crippen LogP contribution is -2.19. The highest BCUT2D eigenvalue weighted by molar-refractivity contribution is 5.69. The van der Waals surface area contributed by atoms with Crippen LogP contribution in [0, 0.1) is 6.92 Å². The summed E-state index contributed by atoms with van der Waals surface area (Å²) in [6.07, 6.45) is 1.99. The molecule has 1 heterocycles. The minimum Gasteiger partial charge on any atom is -0.466 e. The highest BCUT2D eigenvalue weighted by atomic mass is 16.5. The van der Waals surface area contributed by atoms with Crippen molar-refractivity contribution in [2.24, 2.45) is 0 Å². The Morgan fingerprint density at radius 2 is 2.10 bits per heavy atom. The van der Waals surface area contributed by atoms with E-state index in [-0.39, 0.29) is 5.97 Å². The number of hydrogen-bond acceptors (Lipinski definition) is 5. The molecule has 0 radical (unpaired) electrons. The largest absolute Gasteiger partial charge is 0.466 e. The highest BCUT2D eigenvalue weighted by Crippen LogP contribution is 2.18. The molecule has 0 spiro atoms. The molecule has 0 saturated heterocycles. The van der Waals surface area contributed by atoms with Crippen molar-refractivity contribution in [3.05, 3.63) is 41.8 Å². The second kappa shape index (κ2) is 7.59. The lowest BCUT2D eigenvalue weighted by atomic mass is 10.1. The first-order valence-electron chi connectivity index (χ1n) is 7.07. The third kappa shape index (κ3) is 4.72. The molecule has 112 valence electrons. The molecular formula is C16H20N2O3. The summed E-state index contributed by atoms with van der Waals surface area (Å²) < 4.78 is 10.3. The van der Waals surface area contributed by atoms with Gasteiger partial charge in [-0.3, -0.25) is 4.79 Å². The third-order valence-electron chi connectivity index (χ3n) is 2.97. The maximum absolute atomic E-state index is 11.2. The van der Waals surface area contributed by atoms with Gasteiger partial charge in [-0.1, -0.05) is 17.7 Å². The van der Waals surface area contributed by atoms with Gasteiger partial charge < -0.3 is 14.5 Å². The van der Waals surface area contributed by atoms with Crippen molar-refractivity contribution >= 4 is 5.97 Å². The fraction of sp³-hybridized carbons (Fsp3) is 0.375. The number of hydrogen-bond donors (Lipinski definition) is 1. The zero-order valence-electron chi connectivity index (χ0n) is 12.4. The molecule has 0 aliphatic heterocycles. The molecule has 0 atom stereocenters. The van der Waals surface area contributed by atoms with E-state index in [0.717, 1.165) is 11.3 Å². The average Bonchev–Trinajstić information content (AvgIpc) is 2.93. The molecule has 0 bridgehead atoms. The van der Waals surface area contributed by atoms with Gasteiger partial charge in [0.1, 0.15) is 6.26 Å². The number of rotatable bonds is 7. The summed E-state index contributed by atoms with van der Waals surface area (Å²) >= 11 is 0. The Hall–Kier alpha value is -2.14. The number of ether oxygens (including phenoxy) is 1. The van der Waals surface area contributed by atoms with Gasteiger partial charge in [-0.25, -0.2) is 4.98 Å². The number of carbonyl (C=O) groups is 1. The second-order valence-electron chi connectivity index (χ2n) is 4.74. The number of nitrogens with zero attached hydrogens (tertiary/aromatic N) is 1. The van der Waals surface area contributed by atoms with Gasteiger partial charge in [0.2, 0.25) is 5.89 Å². The Bertz CT molecular complexity index is 575. The topological polar surface area (TPSA) is 64.4 Å². The number of benzene rings is 1. The Morgan fingerprint density at radius 3 is 2.81 bits per heavy atom. The Kier molecular flexibility index (Phi) is 5.51. The number of oxazole rings is 1. The quantitative estimate of drug-likeness (QED) is 0.627. The van der Waals surface area contributed by atoms with Crippen molar-refractivity contribution in [1.82, 2.24) is 10.3 Å². The van der Waals surface area contributed by atoms with Gasteiger partial charge in [-0.15, -0.1) is 0 Å². The molecule has 0 saturated carbocycles. The molecule has 0 fully saturated rings. The zero-order chi connectivity index (χ0) is 15.1. The highest BCUT2D eigenvalue weighted by Gasteiger charge is 2.07. The van der Waals surface area contributed by atoms with E-state index >= 15 is 0 Å². The minimum atomic E-state index is -0.189. The fourth-order valence-electron chi connectivity index (χ4n) is 1.86. The molecule has 0 aliphatic carbocycles. The Morgan fingerprint density at radius 1 is 1.33 bits per heavy atom. The Labute approximate surface area is 124 Å². The molecule has 0 aliphatic rings. The molecule has 0 amide bonds. The lowest BCUT2D eigenvalue weighted by Gasteiger charge is -2.02. The third-order valence-corrected chi connectivity index (χ3v) is 2.97. The van der Waals surface area contributed by atoms with Gasteiger partial charge in [0, 0.05) is 18.7 Å². The predicted octanol–water partition coefficient (Wildman–Crippen LogP) is 2.69. The van der Waals surface area contributed by atoms with Crippen LogP contribution in [0.5, 0.6) is 0 Å². The van der Waals surface area contributed by atoms with E-state index in [1.165, 1.54) is 5.56 Å². The van der Waals surface area contributed by atoms with Gasteiger partial charge in [-0.2, -0.15) is 0 Å². The van der Waals surface area contributed by atoms with Crippen molar-refractivity contribution in [2.75, 3.05) is 13.2 Å². The van der Waals surface area contributed by atoms with Crippen molar-refractivity contribution in [3.8, 4) is 11.5 Å². The van der Waals surface area contributed by atoms with E-state index in [4.69, 9.17) is 9.15 Å². The summed E-state index contributed by atoms with van der Waals surface area (Å²) in [6, 6.07) is 8.02. The number of esters is 1.